The Kier molecular flexibility index (Phi) is 5.17. The van der Waals surface area contributed by atoms with E-state index in [1.807, 2.05) is 19.1 Å². The zero-order valence-corrected chi connectivity index (χ0v) is 14.8. The van der Waals surface area contributed by atoms with Crippen molar-refractivity contribution in [3.8, 4) is 0 Å². The van der Waals surface area contributed by atoms with Gasteiger partial charge < -0.3 is 10.6 Å². The topological polar surface area (TPSA) is 58.2 Å². The van der Waals surface area contributed by atoms with Gasteiger partial charge >= 0.3 is 0 Å². The highest BCUT2D eigenvalue weighted by atomic mass is 16.2. The number of aryl methyl sites for hydroxylation is 1. The number of fused-ring (bicyclic) bond motifs is 1. The summed E-state index contributed by atoms with van der Waals surface area (Å²) in [5.74, 6) is -0.132. The molecule has 0 fully saturated rings. The standard InChI is InChI=1S/C21H24N2O2/c1-14(21(25)23-18-10-5-9-17(13-18)15(2)24)22-20-12-6-8-16-7-3-4-11-19(16)20/h5-6,8-10,12-14,22H,3-4,7,11H2,1-2H3,(H,23,25). The number of ketones is 1. The summed E-state index contributed by atoms with van der Waals surface area (Å²) in [7, 11) is 0. The van der Waals surface area contributed by atoms with Crippen molar-refractivity contribution in [2.45, 2.75) is 45.6 Å². The largest absolute Gasteiger partial charge is 0.374 e. The summed E-state index contributed by atoms with van der Waals surface area (Å²) in [6.45, 7) is 3.37. The van der Waals surface area contributed by atoms with E-state index in [0.717, 1.165) is 18.5 Å². The molecular weight excluding hydrogens is 312 g/mol. The van der Waals surface area contributed by atoms with Crippen molar-refractivity contribution in [3.05, 3.63) is 59.2 Å². The lowest BCUT2D eigenvalue weighted by Crippen LogP contribution is -2.32. The number of hydrogen-bond acceptors (Lipinski definition) is 3. The normalized spacial score (nSPS) is 14.3. The van der Waals surface area contributed by atoms with E-state index in [0.29, 0.717) is 11.3 Å². The third-order valence-electron chi connectivity index (χ3n) is 4.70. The van der Waals surface area contributed by atoms with Crippen LogP contribution in [0.15, 0.2) is 42.5 Å². The lowest BCUT2D eigenvalue weighted by Gasteiger charge is -2.22. The van der Waals surface area contributed by atoms with Gasteiger partial charge in [-0.2, -0.15) is 0 Å². The van der Waals surface area contributed by atoms with Crippen molar-refractivity contribution >= 4 is 23.1 Å². The van der Waals surface area contributed by atoms with E-state index in [-0.39, 0.29) is 17.7 Å². The van der Waals surface area contributed by atoms with Gasteiger partial charge in [-0.3, -0.25) is 9.59 Å². The maximum absolute atomic E-state index is 12.5. The Hall–Kier alpha value is -2.62. The summed E-state index contributed by atoms with van der Waals surface area (Å²) in [4.78, 5) is 24.0. The molecule has 1 aliphatic carbocycles. The summed E-state index contributed by atoms with van der Waals surface area (Å²) in [5.41, 5.74) is 5.01. The molecule has 0 saturated heterocycles. The van der Waals surface area contributed by atoms with Crippen LogP contribution in [0.2, 0.25) is 0 Å². The number of rotatable bonds is 5. The molecule has 1 amide bonds. The lowest BCUT2D eigenvalue weighted by molar-refractivity contribution is -0.116. The van der Waals surface area contributed by atoms with Gasteiger partial charge in [-0.1, -0.05) is 24.3 Å². The van der Waals surface area contributed by atoms with Gasteiger partial charge in [-0.05, 0) is 68.9 Å². The van der Waals surface area contributed by atoms with Gasteiger partial charge in [-0.15, -0.1) is 0 Å². The number of benzene rings is 2. The molecular formula is C21H24N2O2. The van der Waals surface area contributed by atoms with Crippen LogP contribution >= 0.6 is 0 Å². The van der Waals surface area contributed by atoms with Gasteiger partial charge in [0.1, 0.15) is 6.04 Å². The van der Waals surface area contributed by atoms with Crippen LogP contribution in [0.3, 0.4) is 0 Å². The van der Waals surface area contributed by atoms with Crippen LogP contribution in [-0.2, 0) is 17.6 Å². The maximum atomic E-state index is 12.5. The Morgan fingerprint density at radius 3 is 2.60 bits per heavy atom. The average Bonchev–Trinajstić information content (AvgIpc) is 2.62. The Morgan fingerprint density at radius 1 is 1.04 bits per heavy atom. The maximum Gasteiger partial charge on any atom is 0.246 e. The quantitative estimate of drug-likeness (QED) is 0.804. The molecule has 2 N–H and O–H groups in total. The molecule has 25 heavy (non-hydrogen) atoms. The van der Waals surface area contributed by atoms with Crippen LogP contribution in [0.4, 0.5) is 11.4 Å². The molecule has 0 spiro atoms. The average molecular weight is 336 g/mol. The van der Waals surface area contributed by atoms with E-state index in [9.17, 15) is 9.59 Å². The van der Waals surface area contributed by atoms with Gasteiger partial charge in [0.05, 0.1) is 0 Å². The summed E-state index contributed by atoms with van der Waals surface area (Å²) in [6.07, 6.45) is 4.61. The fourth-order valence-corrected chi connectivity index (χ4v) is 3.28. The molecule has 0 bridgehead atoms. The molecule has 1 aliphatic rings. The van der Waals surface area contributed by atoms with E-state index in [1.165, 1.54) is 30.9 Å². The monoisotopic (exact) mass is 336 g/mol. The smallest absolute Gasteiger partial charge is 0.246 e. The van der Waals surface area contributed by atoms with Crippen LogP contribution in [0.1, 0.15) is 48.2 Å². The molecule has 0 aliphatic heterocycles. The highest BCUT2D eigenvalue weighted by Gasteiger charge is 2.17. The second-order valence-electron chi connectivity index (χ2n) is 6.64. The number of carbonyl (C=O) groups excluding carboxylic acids is 2. The van der Waals surface area contributed by atoms with Crippen molar-refractivity contribution in [2.75, 3.05) is 10.6 Å². The predicted molar refractivity (Wildman–Crippen MR) is 101 cm³/mol. The SMILES string of the molecule is CC(=O)c1cccc(NC(=O)C(C)Nc2cccc3c2CCCC3)c1. The summed E-state index contributed by atoms with van der Waals surface area (Å²) < 4.78 is 0. The predicted octanol–water partition coefficient (Wildman–Crippen LogP) is 4.21. The van der Waals surface area contributed by atoms with Crippen LogP contribution in [0, 0.1) is 0 Å². The molecule has 2 aromatic carbocycles. The first-order chi connectivity index (χ1) is 12.0. The molecule has 1 atom stereocenters. The summed E-state index contributed by atoms with van der Waals surface area (Å²) >= 11 is 0. The molecule has 2 aromatic rings. The fourth-order valence-electron chi connectivity index (χ4n) is 3.28. The Bertz CT molecular complexity index is 798. The Balaban J connectivity index is 1.69. The number of anilines is 2. The molecule has 130 valence electrons. The first kappa shape index (κ1) is 17.2. The number of Topliss-reactive ketones (excluding diaryl/α,β-unsaturated/α-hetero) is 1. The van der Waals surface area contributed by atoms with Gasteiger partial charge in [-0.25, -0.2) is 0 Å². The zero-order valence-electron chi connectivity index (χ0n) is 14.8. The lowest BCUT2D eigenvalue weighted by atomic mass is 9.90. The zero-order chi connectivity index (χ0) is 17.8. The molecule has 0 aromatic heterocycles. The second kappa shape index (κ2) is 7.51. The van der Waals surface area contributed by atoms with E-state index in [4.69, 9.17) is 0 Å². The van der Waals surface area contributed by atoms with E-state index in [2.05, 4.69) is 16.7 Å². The third-order valence-corrected chi connectivity index (χ3v) is 4.70. The minimum absolute atomic E-state index is 0.0156. The molecule has 3 rings (SSSR count). The van der Waals surface area contributed by atoms with E-state index in [1.54, 1.807) is 24.3 Å². The number of amides is 1. The molecule has 0 saturated carbocycles. The van der Waals surface area contributed by atoms with Gasteiger partial charge in [0, 0.05) is 16.9 Å². The minimum atomic E-state index is -0.366. The first-order valence-electron chi connectivity index (χ1n) is 8.84. The number of nitrogens with one attached hydrogen (secondary N) is 2. The van der Waals surface area contributed by atoms with Gasteiger partial charge in [0.2, 0.25) is 5.91 Å². The van der Waals surface area contributed by atoms with Crippen LogP contribution < -0.4 is 10.6 Å². The Morgan fingerprint density at radius 2 is 1.80 bits per heavy atom. The van der Waals surface area contributed by atoms with Crippen molar-refractivity contribution in [3.63, 3.8) is 0 Å². The second-order valence-corrected chi connectivity index (χ2v) is 6.64. The van der Waals surface area contributed by atoms with Crippen LogP contribution in [0.25, 0.3) is 0 Å². The molecule has 1 unspecified atom stereocenters. The number of hydrogen-bond donors (Lipinski definition) is 2. The molecule has 0 heterocycles. The number of carbonyl (C=O) groups is 2. The summed E-state index contributed by atoms with van der Waals surface area (Å²) in [5, 5.41) is 6.23. The highest BCUT2D eigenvalue weighted by molar-refractivity contribution is 5.99. The fraction of sp³-hybridized carbons (Fsp3) is 0.333. The molecule has 4 heteroatoms. The van der Waals surface area contributed by atoms with E-state index >= 15 is 0 Å². The highest BCUT2D eigenvalue weighted by Crippen LogP contribution is 2.28. The first-order valence-corrected chi connectivity index (χ1v) is 8.84. The molecule has 0 radical (unpaired) electrons. The van der Waals surface area contributed by atoms with Gasteiger partial charge in [0.25, 0.3) is 0 Å². The molecule has 4 nitrogen and oxygen atoms in total. The van der Waals surface area contributed by atoms with Crippen LogP contribution in [0.5, 0.6) is 0 Å². The van der Waals surface area contributed by atoms with Crippen LogP contribution in [-0.4, -0.2) is 17.7 Å². The van der Waals surface area contributed by atoms with Crippen molar-refractivity contribution in [1.29, 1.82) is 0 Å². The Labute approximate surface area is 148 Å². The van der Waals surface area contributed by atoms with Crippen molar-refractivity contribution in [1.82, 2.24) is 0 Å². The third kappa shape index (κ3) is 4.08. The van der Waals surface area contributed by atoms with Crippen molar-refractivity contribution in [2.24, 2.45) is 0 Å². The van der Waals surface area contributed by atoms with Crippen molar-refractivity contribution < 1.29 is 9.59 Å². The minimum Gasteiger partial charge on any atom is -0.374 e. The van der Waals surface area contributed by atoms with E-state index < -0.39 is 0 Å². The van der Waals surface area contributed by atoms with Gasteiger partial charge in [0.15, 0.2) is 5.78 Å². The summed E-state index contributed by atoms with van der Waals surface area (Å²) in [6, 6.07) is 12.9.